The van der Waals surface area contributed by atoms with Gasteiger partial charge in [0.2, 0.25) is 5.91 Å². The highest BCUT2D eigenvalue weighted by Gasteiger charge is 2.36. The van der Waals surface area contributed by atoms with Crippen molar-refractivity contribution >= 4 is 11.7 Å². The number of primary amides is 1. The number of carbonyl (C=O) groups is 2. The first kappa shape index (κ1) is 18.9. The molecule has 0 bridgehead atoms. The molecule has 3 rings (SSSR count). The lowest BCUT2D eigenvalue weighted by atomic mass is 9.85. The molecule has 3 N–H and O–H groups in total. The first-order valence-electron chi connectivity index (χ1n) is 8.31. The molecule has 0 radical (unpaired) electrons. The number of ketones is 1. The fourth-order valence-electron chi connectivity index (χ4n) is 3.32. The molecule has 2 aromatic rings. The second kappa shape index (κ2) is 7.40. The Morgan fingerprint density at radius 2 is 1.81 bits per heavy atom. The lowest BCUT2D eigenvalue weighted by molar-refractivity contribution is -0.274. The van der Waals surface area contributed by atoms with Gasteiger partial charge >= 0.3 is 6.36 Å². The molecule has 1 amide bonds. The Morgan fingerprint density at radius 3 is 2.37 bits per heavy atom. The Hall–Kier alpha value is -2.87. The van der Waals surface area contributed by atoms with Gasteiger partial charge in [-0.2, -0.15) is 0 Å². The number of carbonyl (C=O) groups excluding carboxylic acids is 2. The molecular weight excluding hydrogens is 361 g/mol. The molecule has 1 atom stereocenters. The van der Waals surface area contributed by atoms with Gasteiger partial charge in [0, 0.05) is 17.7 Å². The van der Waals surface area contributed by atoms with E-state index in [-0.39, 0.29) is 28.2 Å². The first-order valence-corrected chi connectivity index (χ1v) is 8.31. The maximum absolute atomic E-state index is 13.1. The van der Waals surface area contributed by atoms with Gasteiger partial charge in [-0.25, -0.2) is 0 Å². The summed E-state index contributed by atoms with van der Waals surface area (Å²) in [7, 11) is 0. The number of halogens is 3. The summed E-state index contributed by atoms with van der Waals surface area (Å²) in [5.41, 5.74) is 5.57. The summed E-state index contributed by atoms with van der Waals surface area (Å²) in [5.74, 6) is -2.42. The summed E-state index contributed by atoms with van der Waals surface area (Å²) in [6.45, 7) is 1.04. The third-order valence-electron chi connectivity index (χ3n) is 4.43. The van der Waals surface area contributed by atoms with Crippen LogP contribution in [0.25, 0.3) is 0 Å². The summed E-state index contributed by atoms with van der Waals surface area (Å²) in [4.78, 5) is 25.0. The van der Waals surface area contributed by atoms with Crippen molar-refractivity contribution in [3.05, 3.63) is 64.7 Å². The number of alkyl halides is 3. The van der Waals surface area contributed by atoms with Crippen LogP contribution in [0.1, 0.15) is 44.2 Å². The number of ether oxygens (including phenoxy) is 1. The molecule has 2 aromatic carbocycles. The van der Waals surface area contributed by atoms with Gasteiger partial charge in [-0.1, -0.05) is 30.3 Å². The van der Waals surface area contributed by atoms with Gasteiger partial charge in [-0.3, -0.25) is 9.59 Å². The van der Waals surface area contributed by atoms with E-state index in [1.54, 1.807) is 18.2 Å². The zero-order chi connectivity index (χ0) is 19.6. The van der Waals surface area contributed by atoms with E-state index in [4.69, 9.17) is 5.73 Å². The van der Waals surface area contributed by atoms with E-state index >= 15 is 0 Å². The Labute approximate surface area is 153 Å². The van der Waals surface area contributed by atoms with Crippen molar-refractivity contribution in [1.29, 1.82) is 0 Å². The zero-order valence-electron chi connectivity index (χ0n) is 14.2. The number of benzene rings is 2. The Kier molecular flexibility index (Phi) is 5.18. The highest BCUT2D eigenvalue weighted by molar-refractivity contribution is 6.13. The van der Waals surface area contributed by atoms with Crippen LogP contribution in [-0.2, 0) is 0 Å². The van der Waals surface area contributed by atoms with E-state index in [1.165, 1.54) is 18.2 Å². The van der Waals surface area contributed by atoms with Crippen molar-refractivity contribution in [2.75, 3.05) is 13.1 Å². The van der Waals surface area contributed by atoms with Crippen LogP contribution in [0.5, 0.6) is 5.75 Å². The maximum atomic E-state index is 13.1. The van der Waals surface area contributed by atoms with E-state index in [0.717, 1.165) is 6.07 Å². The van der Waals surface area contributed by atoms with Gasteiger partial charge < -0.3 is 15.8 Å². The maximum Gasteiger partial charge on any atom is 0.573 e. The van der Waals surface area contributed by atoms with Gasteiger partial charge in [0.1, 0.15) is 5.75 Å². The largest absolute Gasteiger partial charge is 0.573 e. The van der Waals surface area contributed by atoms with Crippen molar-refractivity contribution in [1.82, 2.24) is 5.32 Å². The van der Waals surface area contributed by atoms with Crippen molar-refractivity contribution < 1.29 is 27.5 Å². The summed E-state index contributed by atoms with van der Waals surface area (Å²) in [5, 5.41) is 3.08. The predicted molar refractivity (Wildman–Crippen MR) is 91.7 cm³/mol. The third-order valence-corrected chi connectivity index (χ3v) is 4.43. The second-order valence-corrected chi connectivity index (χ2v) is 6.20. The van der Waals surface area contributed by atoms with Crippen LogP contribution < -0.4 is 15.8 Å². The van der Waals surface area contributed by atoms with Crippen LogP contribution in [-0.4, -0.2) is 31.1 Å². The molecule has 0 saturated carbocycles. The van der Waals surface area contributed by atoms with Crippen LogP contribution in [0.15, 0.2) is 42.5 Å². The summed E-state index contributed by atoms with van der Waals surface area (Å²) < 4.78 is 42.9. The lowest BCUT2D eigenvalue weighted by Crippen LogP contribution is -2.24. The Balaban J connectivity index is 2.25. The van der Waals surface area contributed by atoms with Crippen molar-refractivity contribution in [3.8, 4) is 5.75 Å². The summed E-state index contributed by atoms with van der Waals surface area (Å²) in [6, 6.07) is 10.0. The Morgan fingerprint density at radius 1 is 1.11 bits per heavy atom. The van der Waals surface area contributed by atoms with Crippen LogP contribution in [0, 0.1) is 0 Å². The predicted octanol–water partition coefficient (Wildman–Crippen LogP) is 2.99. The molecule has 1 aliphatic heterocycles. The number of rotatable bonds is 5. The smallest absolute Gasteiger partial charge is 0.405 e. The minimum Gasteiger partial charge on any atom is -0.405 e. The van der Waals surface area contributed by atoms with Gasteiger partial charge in [-0.15, -0.1) is 13.2 Å². The first-order chi connectivity index (χ1) is 12.8. The minimum absolute atomic E-state index is 0.0255. The molecule has 5 nitrogen and oxygen atoms in total. The second-order valence-electron chi connectivity index (χ2n) is 6.20. The number of amides is 1. The van der Waals surface area contributed by atoms with Crippen molar-refractivity contribution in [2.24, 2.45) is 5.73 Å². The van der Waals surface area contributed by atoms with Gasteiger partial charge in [0.25, 0.3) is 0 Å². The van der Waals surface area contributed by atoms with Gasteiger partial charge in [0.15, 0.2) is 5.78 Å². The SMILES string of the molecule is NC(=O)c1ccc(OC(F)(F)F)c(C(=O)c2ccccc2)c1C1CCNC1. The van der Waals surface area contributed by atoms with Crippen LogP contribution >= 0.6 is 0 Å². The average molecular weight is 378 g/mol. The molecular formula is C19H17F3N2O3. The van der Waals surface area contributed by atoms with E-state index in [2.05, 4.69) is 10.1 Å². The number of nitrogens with two attached hydrogens (primary N) is 1. The fourth-order valence-corrected chi connectivity index (χ4v) is 3.32. The molecule has 0 aliphatic carbocycles. The molecule has 1 heterocycles. The Bertz CT molecular complexity index is 860. The van der Waals surface area contributed by atoms with E-state index in [1.807, 2.05) is 0 Å². The number of hydrogen-bond donors (Lipinski definition) is 2. The molecule has 1 saturated heterocycles. The van der Waals surface area contributed by atoms with Gasteiger partial charge in [0.05, 0.1) is 5.56 Å². The molecule has 142 valence electrons. The molecule has 1 fully saturated rings. The van der Waals surface area contributed by atoms with E-state index in [9.17, 15) is 22.8 Å². The zero-order valence-corrected chi connectivity index (χ0v) is 14.2. The number of hydrogen-bond acceptors (Lipinski definition) is 4. The third kappa shape index (κ3) is 4.11. The molecule has 27 heavy (non-hydrogen) atoms. The summed E-state index contributed by atoms with van der Waals surface area (Å²) >= 11 is 0. The average Bonchev–Trinajstić information content (AvgIpc) is 3.14. The van der Waals surface area contributed by atoms with Gasteiger partial charge in [-0.05, 0) is 36.6 Å². The molecule has 1 unspecified atom stereocenters. The molecule has 1 aliphatic rings. The minimum atomic E-state index is -4.98. The monoisotopic (exact) mass is 378 g/mol. The molecule has 0 spiro atoms. The van der Waals surface area contributed by atoms with Crippen molar-refractivity contribution in [3.63, 3.8) is 0 Å². The topological polar surface area (TPSA) is 81.4 Å². The lowest BCUT2D eigenvalue weighted by Gasteiger charge is -2.21. The number of nitrogens with one attached hydrogen (secondary N) is 1. The van der Waals surface area contributed by atoms with Crippen molar-refractivity contribution in [2.45, 2.75) is 18.7 Å². The van der Waals surface area contributed by atoms with E-state index in [0.29, 0.717) is 19.5 Å². The van der Waals surface area contributed by atoms with Crippen LogP contribution in [0.2, 0.25) is 0 Å². The van der Waals surface area contributed by atoms with E-state index < -0.39 is 23.8 Å². The standard InChI is InChI=1S/C19H17F3N2O3/c20-19(21,22)27-14-7-6-13(18(23)26)15(12-8-9-24-10-12)16(14)17(25)11-4-2-1-3-5-11/h1-7,12,24H,8-10H2,(H2,23,26). The molecule has 8 heteroatoms. The fraction of sp³-hybridized carbons (Fsp3) is 0.263. The summed E-state index contributed by atoms with van der Waals surface area (Å²) in [6.07, 6.45) is -4.42. The van der Waals surface area contributed by atoms with Crippen LogP contribution in [0.4, 0.5) is 13.2 Å². The highest BCUT2D eigenvalue weighted by Crippen LogP contribution is 2.38. The highest BCUT2D eigenvalue weighted by atomic mass is 19.4. The van der Waals surface area contributed by atoms with Crippen LogP contribution in [0.3, 0.4) is 0 Å². The quantitative estimate of drug-likeness (QED) is 0.784. The molecule has 0 aromatic heterocycles. The normalized spacial score (nSPS) is 16.9.